The fourth-order valence-electron chi connectivity index (χ4n) is 1.59. The first kappa shape index (κ1) is 14.9. The first-order valence-corrected chi connectivity index (χ1v) is 5.86. The largest absolute Gasteiger partial charge is 0.497 e. The van der Waals surface area contributed by atoms with Crippen LogP contribution >= 0.6 is 0 Å². The van der Waals surface area contributed by atoms with Crippen LogP contribution in [0, 0.1) is 5.82 Å². The molecule has 1 atom stereocenters. The highest BCUT2D eigenvalue weighted by Crippen LogP contribution is 2.16. The zero-order chi connectivity index (χ0) is 14.4. The average molecular weight is 269 g/mol. The molecule has 1 amide bonds. The van der Waals surface area contributed by atoms with Gasteiger partial charge in [-0.25, -0.2) is 9.18 Å². The summed E-state index contributed by atoms with van der Waals surface area (Å²) in [7, 11) is 1.39. The Labute approximate surface area is 110 Å². The van der Waals surface area contributed by atoms with Gasteiger partial charge in [-0.3, -0.25) is 4.79 Å². The van der Waals surface area contributed by atoms with Crippen LogP contribution < -0.4 is 10.1 Å². The van der Waals surface area contributed by atoms with Crippen molar-refractivity contribution in [2.24, 2.45) is 0 Å². The minimum atomic E-state index is -1.14. The second-order valence-corrected chi connectivity index (χ2v) is 4.00. The maximum Gasteiger partial charge on any atom is 0.326 e. The first-order chi connectivity index (χ1) is 8.99. The molecule has 0 saturated heterocycles. The molecule has 6 heteroatoms. The summed E-state index contributed by atoms with van der Waals surface area (Å²) in [6.07, 6.45) is 0.890. The zero-order valence-electron chi connectivity index (χ0n) is 10.8. The number of hydrogen-bond acceptors (Lipinski definition) is 3. The number of hydrogen-bond donors (Lipinski definition) is 2. The number of carboxylic acids is 1. The molecule has 0 radical (unpaired) electrons. The molecule has 0 heterocycles. The van der Waals surface area contributed by atoms with E-state index >= 15 is 0 Å². The van der Waals surface area contributed by atoms with E-state index in [1.165, 1.54) is 19.2 Å². The lowest BCUT2D eigenvalue weighted by atomic mass is 10.1. The summed E-state index contributed by atoms with van der Waals surface area (Å²) >= 11 is 0. The number of ether oxygens (including phenoxy) is 1. The Morgan fingerprint density at radius 3 is 2.63 bits per heavy atom. The number of carboxylic acid groups (broad SMARTS) is 1. The van der Waals surface area contributed by atoms with Crippen LogP contribution in [0.1, 0.15) is 30.1 Å². The fourth-order valence-corrected chi connectivity index (χ4v) is 1.59. The standard InChI is InChI=1S/C13H16FNO4/c1-3-4-11(13(17)18)15-12(16)9-6-5-8(19-2)7-10(9)14/h5-7,11H,3-4H2,1-2H3,(H,15,16)(H,17,18)/t11-/m0/s1. The smallest absolute Gasteiger partial charge is 0.326 e. The normalized spacial score (nSPS) is 11.7. The van der Waals surface area contributed by atoms with Crippen molar-refractivity contribution in [1.82, 2.24) is 5.32 Å². The topological polar surface area (TPSA) is 75.6 Å². The van der Waals surface area contributed by atoms with Crippen LogP contribution in [0.4, 0.5) is 4.39 Å². The number of methoxy groups -OCH3 is 1. The fraction of sp³-hybridized carbons (Fsp3) is 0.385. The Morgan fingerprint density at radius 1 is 1.47 bits per heavy atom. The van der Waals surface area contributed by atoms with Gasteiger partial charge in [0.05, 0.1) is 12.7 Å². The third-order valence-electron chi connectivity index (χ3n) is 2.60. The summed E-state index contributed by atoms with van der Waals surface area (Å²) in [4.78, 5) is 22.7. The maximum atomic E-state index is 13.6. The number of halogens is 1. The molecular weight excluding hydrogens is 253 g/mol. The molecular formula is C13H16FNO4. The number of aliphatic carboxylic acids is 1. The molecule has 19 heavy (non-hydrogen) atoms. The van der Waals surface area contributed by atoms with E-state index < -0.39 is 23.7 Å². The molecule has 0 aliphatic carbocycles. The summed E-state index contributed by atoms with van der Waals surface area (Å²) in [5.74, 6) is -2.35. The summed E-state index contributed by atoms with van der Waals surface area (Å²) in [5.41, 5.74) is -0.205. The number of nitrogens with one attached hydrogen (secondary N) is 1. The van der Waals surface area contributed by atoms with Gasteiger partial charge < -0.3 is 15.2 Å². The predicted octanol–water partition coefficient (Wildman–Crippen LogP) is 1.82. The number of carbonyl (C=O) groups is 2. The van der Waals surface area contributed by atoms with Gasteiger partial charge in [-0.2, -0.15) is 0 Å². The van der Waals surface area contributed by atoms with Gasteiger partial charge in [0.25, 0.3) is 5.91 Å². The highest BCUT2D eigenvalue weighted by Gasteiger charge is 2.21. The van der Waals surface area contributed by atoms with Gasteiger partial charge in [0, 0.05) is 6.07 Å². The molecule has 0 unspecified atom stereocenters. The molecule has 0 aliphatic heterocycles. The van der Waals surface area contributed by atoms with Gasteiger partial charge in [0.2, 0.25) is 0 Å². The number of benzene rings is 1. The minimum Gasteiger partial charge on any atom is -0.497 e. The van der Waals surface area contributed by atoms with Crippen LogP contribution in [0.2, 0.25) is 0 Å². The molecule has 1 aromatic rings. The van der Waals surface area contributed by atoms with Crippen molar-refractivity contribution in [2.45, 2.75) is 25.8 Å². The molecule has 2 N–H and O–H groups in total. The molecule has 0 spiro atoms. The Balaban J connectivity index is 2.85. The summed E-state index contributed by atoms with van der Waals surface area (Å²) in [6.45, 7) is 1.80. The van der Waals surface area contributed by atoms with Crippen molar-refractivity contribution in [3.05, 3.63) is 29.6 Å². The number of rotatable bonds is 6. The number of carbonyl (C=O) groups excluding carboxylic acids is 1. The van der Waals surface area contributed by atoms with Crippen LogP contribution in [-0.4, -0.2) is 30.1 Å². The van der Waals surface area contributed by atoms with Gasteiger partial charge in [-0.1, -0.05) is 13.3 Å². The Bertz CT molecular complexity index is 476. The number of amides is 1. The van der Waals surface area contributed by atoms with Crippen molar-refractivity contribution in [3.8, 4) is 5.75 Å². The van der Waals surface area contributed by atoms with Crippen LogP contribution in [-0.2, 0) is 4.79 Å². The van der Waals surface area contributed by atoms with E-state index in [0.717, 1.165) is 6.07 Å². The van der Waals surface area contributed by atoms with E-state index in [1.54, 1.807) is 6.92 Å². The van der Waals surface area contributed by atoms with Gasteiger partial charge in [-0.05, 0) is 18.6 Å². The maximum absolute atomic E-state index is 13.6. The molecule has 0 saturated carbocycles. The highest BCUT2D eigenvalue weighted by atomic mass is 19.1. The van der Waals surface area contributed by atoms with E-state index in [-0.39, 0.29) is 11.3 Å². The van der Waals surface area contributed by atoms with E-state index in [4.69, 9.17) is 9.84 Å². The van der Waals surface area contributed by atoms with Gasteiger partial charge in [0.1, 0.15) is 17.6 Å². The second-order valence-electron chi connectivity index (χ2n) is 4.00. The van der Waals surface area contributed by atoms with Crippen molar-refractivity contribution in [1.29, 1.82) is 0 Å². The monoisotopic (exact) mass is 269 g/mol. The Morgan fingerprint density at radius 2 is 2.16 bits per heavy atom. The van der Waals surface area contributed by atoms with Crippen molar-refractivity contribution in [2.75, 3.05) is 7.11 Å². The molecule has 1 rings (SSSR count). The summed E-state index contributed by atoms with van der Waals surface area (Å²) in [5, 5.41) is 11.2. The molecule has 104 valence electrons. The summed E-state index contributed by atoms with van der Waals surface area (Å²) in [6, 6.07) is 2.76. The summed E-state index contributed by atoms with van der Waals surface area (Å²) < 4.78 is 18.5. The van der Waals surface area contributed by atoms with E-state index in [2.05, 4.69) is 5.32 Å². The SMILES string of the molecule is CCC[C@H](NC(=O)c1ccc(OC)cc1F)C(=O)O. The Hall–Kier alpha value is -2.11. The van der Waals surface area contributed by atoms with Gasteiger partial charge in [-0.15, -0.1) is 0 Å². The third kappa shape index (κ3) is 3.94. The highest BCUT2D eigenvalue weighted by molar-refractivity contribution is 5.96. The van der Waals surface area contributed by atoms with Crippen LogP contribution in [0.5, 0.6) is 5.75 Å². The molecule has 5 nitrogen and oxygen atoms in total. The first-order valence-electron chi connectivity index (χ1n) is 5.86. The van der Waals surface area contributed by atoms with E-state index in [9.17, 15) is 14.0 Å². The third-order valence-corrected chi connectivity index (χ3v) is 2.60. The van der Waals surface area contributed by atoms with Crippen LogP contribution in [0.15, 0.2) is 18.2 Å². The van der Waals surface area contributed by atoms with Gasteiger partial charge in [0.15, 0.2) is 0 Å². The van der Waals surface area contributed by atoms with Crippen molar-refractivity contribution >= 4 is 11.9 Å². The van der Waals surface area contributed by atoms with Crippen LogP contribution in [0.25, 0.3) is 0 Å². The molecule has 1 aromatic carbocycles. The average Bonchev–Trinajstić information content (AvgIpc) is 2.37. The van der Waals surface area contributed by atoms with Gasteiger partial charge >= 0.3 is 5.97 Å². The molecule has 0 bridgehead atoms. The lowest BCUT2D eigenvalue weighted by Gasteiger charge is -2.14. The van der Waals surface area contributed by atoms with E-state index in [1.807, 2.05) is 0 Å². The molecule has 0 aliphatic rings. The lowest BCUT2D eigenvalue weighted by molar-refractivity contribution is -0.139. The minimum absolute atomic E-state index is 0.205. The molecule has 0 fully saturated rings. The van der Waals surface area contributed by atoms with Crippen molar-refractivity contribution in [3.63, 3.8) is 0 Å². The predicted molar refractivity (Wildman–Crippen MR) is 66.8 cm³/mol. The second kappa shape index (κ2) is 6.72. The molecule has 0 aromatic heterocycles. The van der Waals surface area contributed by atoms with Crippen molar-refractivity contribution < 1.29 is 23.8 Å². The lowest BCUT2D eigenvalue weighted by Crippen LogP contribution is -2.40. The van der Waals surface area contributed by atoms with E-state index in [0.29, 0.717) is 12.8 Å². The van der Waals surface area contributed by atoms with Crippen LogP contribution in [0.3, 0.4) is 0 Å². The Kier molecular flexibility index (Phi) is 5.29. The quantitative estimate of drug-likeness (QED) is 0.826. The zero-order valence-corrected chi connectivity index (χ0v) is 10.8.